The number of nitrogens with two attached hydrogens (primary N) is 1. The van der Waals surface area contributed by atoms with Crippen molar-refractivity contribution in [1.29, 1.82) is 0 Å². The van der Waals surface area contributed by atoms with Crippen molar-refractivity contribution in [2.45, 2.75) is 24.3 Å². The van der Waals surface area contributed by atoms with Crippen LogP contribution in [0.15, 0.2) is 23.1 Å². The molecule has 0 aliphatic rings. The van der Waals surface area contributed by atoms with Crippen molar-refractivity contribution < 1.29 is 13.3 Å². The second kappa shape index (κ2) is 5.41. The van der Waals surface area contributed by atoms with Crippen LogP contribution in [0.5, 0.6) is 0 Å². The van der Waals surface area contributed by atoms with E-state index in [0.29, 0.717) is 0 Å². The van der Waals surface area contributed by atoms with E-state index in [1.54, 1.807) is 13.8 Å². The van der Waals surface area contributed by atoms with E-state index < -0.39 is 31.1 Å². The minimum atomic E-state index is -4.02. The van der Waals surface area contributed by atoms with E-state index in [9.17, 15) is 18.5 Å². The largest absolute Gasteiger partial charge is 0.324 e. The number of rotatable bonds is 5. The highest BCUT2D eigenvalue weighted by Gasteiger charge is 2.27. The summed E-state index contributed by atoms with van der Waals surface area (Å²) in [5.74, 6) is 0. The molecule has 1 aromatic rings. The van der Waals surface area contributed by atoms with Crippen LogP contribution < -0.4 is 10.5 Å². The fraction of sp³-hybridized carbons (Fsp3) is 0.400. The van der Waals surface area contributed by atoms with E-state index in [4.69, 9.17) is 17.3 Å². The van der Waals surface area contributed by atoms with Crippen LogP contribution in [-0.2, 0) is 10.0 Å². The first-order valence-corrected chi connectivity index (χ1v) is 7.11. The molecule has 0 spiro atoms. The van der Waals surface area contributed by atoms with Gasteiger partial charge >= 0.3 is 0 Å². The Morgan fingerprint density at radius 3 is 2.53 bits per heavy atom. The molecule has 0 amide bonds. The summed E-state index contributed by atoms with van der Waals surface area (Å²) in [4.78, 5) is 9.62. The van der Waals surface area contributed by atoms with E-state index in [2.05, 4.69) is 4.72 Å². The highest BCUT2D eigenvalue weighted by Crippen LogP contribution is 2.26. The van der Waals surface area contributed by atoms with Crippen LogP contribution >= 0.6 is 11.6 Å². The van der Waals surface area contributed by atoms with Gasteiger partial charge in [0.2, 0.25) is 10.0 Å². The van der Waals surface area contributed by atoms with E-state index in [-0.39, 0.29) is 11.6 Å². The van der Waals surface area contributed by atoms with Crippen LogP contribution in [0.25, 0.3) is 0 Å². The summed E-state index contributed by atoms with van der Waals surface area (Å²) >= 11 is 5.62. The monoisotopic (exact) mass is 307 g/mol. The standard InChI is InChI=1S/C10H14ClN3O4S/c1-10(2,12)6-13-19(17,18)9-4-3-7(11)5-8(9)14(15)16/h3-5,13H,6,12H2,1-2H3. The summed E-state index contributed by atoms with van der Waals surface area (Å²) in [7, 11) is -4.02. The van der Waals surface area contributed by atoms with Crippen molar-refractivity contribution in [2.24, 2.45) is 5.73 Å². The SMILES string of the molecule is CC(C)(N)CNS(=O)(=O)c1ccc(Cl)cc1[N+](=O)[O-]. The summed E-state index contributed by atoms with van der Waals surface area (Å²) in [6, 6.07) is 3.35. The molecule has 0 unspecified atom stereocenters. The fourth-order valence-electron chi connectivity index (χ4n) is 1.22. The lowest BCUT2D eigenvalue weighted by Gasteiger charge is -2.18. The molecule has 7 nitrogen and oxygen atoms in total. The zero-order valence-corrected chi connectivity index (χ0v) is 12.0. The van der Waals surface area contributed by atoms with Crippen LogP contribution in [0, 0.1) is 10.1 Å². The van der Waals surface area contributed by atoms with Crippen molar-refractivity contribution in [3.8, 4) is 0 Å². The van der Waals surface area contributed by atoms with E-state index >= 15 is 0 Å². The van der Waals surface area contributed by atoms with Gasteiger partial charge in [-0.2, -0.15) is 0 Å². The number of nitrogens with zero attached hydrogens (tertiary/aromatic N) is 1. The molecule has 0 saturated carbocycles. The Morgan fingerprint density at radius 2 is 2.05 bits per heavy atom. The van der Waals surface area contributed by atoms with Crippen LogP contribution in [0.4, 0.5) is 5.69 Å². The van der Waals surface area contributed by atoms with Crippen molar-refractivity contribution in [3.63, 3.8) is 0 Å². The van der Waals surface area contributed by atoms with Gasteiger partial charge in [0, 0.05) is 23.2 Å². The van der Waals surface area contributed by atoms with Gasteiger partial charge in [0.25, 0.3) is 5.69 Å². The molecule has 106 valence electrons. The zero-order valence-electron chi connectivity index (χ0n) is 10.4. The number of sulfonamides is 1. The summed E-state index contributed by atoms with van der Waals surface area (Å²) in [6.07, 6.45) is 0. The Bertz CT molecular complexity index is 595. The Hall–Kier alpha value is -1.22. The smallest absolute Gasteiger partial charge is 0.290 e. The summed E-state index contributed by atoms with van der Waals surface area (Å²) in [5.41, 5.74) is 4.32. The molecule has 0 aromatic heterocycles. The first-order chi connectivity index (χ1) is 8.53. The molecule has 9 heteroatoms. The zero-order chi connectivity index (χ0) is 14.8. The van der Waals surface area contributed by atoms with E-state index in [0.717, 1.165) is 12.1 Å². The molecule has 3 N–H and O–H groups in total. The Kier molecular flexibility index (Phi) is 4.51. The van der Waals surface area contributed by atoms with Crippen molar-refractivity contribution in [2.75, 3.05) is 6.54 Å². The third kappa shape index (κ3) is 4.43. The van der Waals surface area contributed by atoms with Gasteiger partial charge < -0.3 is 5.73 Å². The first-order valence-electron chi connectivity index (χ1n) is 5.25. The summed E-state index contributed by atoms with van der Waals surface area (Å²) in [5, 5.41) is 10.9. The Labute approximate surface area is 115 Å². The van der Waals surface area contributed by atoms with Gasteiger partial charge in [0.05, 0.1) is 4.92 Å². The molecule has 0 atom stereocenters. The number of hydrogen-bond donors (Lipinski definition) is 2. The van der Waals surface area contributed by atoms with Gasteiger partial charge in [0.1, 0.15) is 0 Å². The van der Waals surface area contributed by atoms with Crippen LogP contribution in [0.3, 0.4) is 0 Å². The summed E-state index contributed by atoms with van der Waals surface area (Å²) < 4.78 is 26.2. The number of nitro groups is 1. The number of hydrogen-bond acceptors (Lipinski definition) is 5. The highest BCUT2D eigenvalue weighted by molar-refractivity contribution is 7.89. The predicted molar refractivity (Wildman–Crippen MR) is 71.6 cm³/mol. The third-order valence-corrected chi connectivity index (χ3v) is 3.81. The maximum absolute atomic E-state index is 12.0. The molecule has 1 rings (SSSR count). The van der Waals surface area contributed by atoms with Crippen molar-refractivity contribution >= 4 is 27.3 Å². The lowest BCUT2D eigenvalue weighted by atomic mass is 10.1. The van der Waals surface area contributed by atoms with Gasteiger partial charge in [-0.15, -0.1) is 0 Å². The maximum Gasteiger partial charge on any atom is 0.290 e. The molecule has 0 saturated heterocycles. The minimum Gasteiger partial charge on any atom is -0.324 e. The fourth-order valence-corrected chi connectivity index (χ4v) is 2.76. The van der Waals surface area contributed by atoms with Crippen molar-refractivity contribution in [1.82, 2.24) is 4.72 Å². The Balaban J connectivity index is 3.18. The number of nitro benzene ring substituents is 1. The molecule has 0 heterocycles. The molecule has 0 aliphatic carbocycles. The summed E-state index contributed by atoms with van der Waals surface area (Å²) in [6.45, 7) is 3.21. The normalized spacial score (nSPS) is 12.4. The van der Waals surface area contributed by atoms with Crippen molar-refractivity contribution in [3.05, 3.63) is 33.3 Å². The van der Waals surface area contributed by atoms with Crippen LogP contribution in [0.2, 0.25) is 5.02 Å². The Morgan fingerprint density at radius 1 is 1.47 bits per heavy atom. The van der Waals surface area contributed by atoms with Crippen LogP contribution in [-0.4, -0.2) is 25.4 Å². The predicted octanol–water partition coefficient (Wildman–Crippen LogP) is 1.26. The molecular weight excluding hydrogens is 294 g/mol. The molecule has 0 radical (unpaired) electrons. The number of halogens is 1. The first kappa shape index (κ1) is 15.8. The third-order valence-electron chi connectivity index (χ3n) is 2.13. The highest BCUT2D eigenvalue weighted by atomic mass is 35.5. The maximum atomic E-state index is 12.0. The minimum absolute atomic E-state index is 0.0465. The van der Waals surface area contributed by atoms with E-state index in [1.165, 1.54) is 6.07 Å². The lowest BCUT2D eigenvalue weighted by molar-refractivity contribution is -0.387. The number of nitrogens with one attached hydrogen (secondary N) is 1. The van der Waals surface area contributed by atoms with Gasteiger partial charge in [-0.1, -0.05) is 11.6 Å². The van der Waals surface area contributed by atoms with Crippen LogP contribution in [0.1, 0.15) is 13.8 Å². The van der Waals surface area contributed by atoms with Gasteiger partial charge in [-0.05, 0) is 26.0 Å². The molecule has 19 heavy (non-hydrogen) atoms. The lowest BCUT2D eigenvalue weighted by Crippen LogP contribution is -2.45. The second-order valence-corrected chi connectivity index (χ2v) is 6.85. The van der Waals surface area contributed by atoms with Gasteiger partial charge in [0.15, 0.2) is 4.90 Å². The second-order valence-electron chi connectivity index (χ2n) is 4.68. The molecule has 0 bridgehead atoms. The molecule has 0 aliphatic heterocycles. The average molecular weight is 308 g/mol. The topological polar surface area (TPSA) is 115 Å². The quantitative estimate of drug-likeness (QED) is 0.627. The van der Waals surface area contributed by atoms with Gasteiger partial charge in [-0.3, -0.25) is 10.1 Å². The number of benzene rings is 1. The van der Waals surface area contributed by atoms with E-state index in [1.807, 2.05) is 0 Å². The molecular formula is C10H14ClN3O4S. The average Bonchev–Trinajstić information content (AvgIpc) is 2.25. The van der Waals surface area contributed by atoms with Gasteiger partial charge in [-0.25, -0.2) is 13.1 Å². The molecule has 1 aromatic carbocycles. The molecule has 0 fully saturated rings.